The summed E-state index contributed by atoms with van der Waals surface area (Å²) in [4.78, 5) is 14.0. The van der Waals surface area contributed by atoms with E-state index >= 15 is 0 Å². The van der Waals surface area contributed by atoms with Crippen molar-refractivity contribution in [2.24, 2.45) is 0 Å². The van der Waals surface area contributed by atoms with Gasteiger partial charge in [-0.3, -0.25) is 4.90 Å². The summed E-state index contributed by atoms with van der Waals surface area (Å²) in [7, 11) is 2.17. The van der Waals surface area contributed by atoms with Crippen LogP contribution in [0, 0.1) is 6.92 Å². The van der Waals surface area contributed by atoms with Crippen LogP contribution in [0.1, 0.15) is 18.4 Å². The zero-order valence-electron chi connectivity index (χ0n) is 22.1. The summed E-state index contributed by atoms with van der Waals surface area (Å²) >= 11 is 0. The molecule has 0 spiro atoms. The van der Waals surface area contributed by atoms with Gasteiger partial charge in [-0.2, -0.15) is 0 Å². The number of nitrogens with one attached hydrogen (secondary N) is 1. The molecule has 2 saturated heterocycles. The molecular weight excluding hydrogens is 486 g/mol. The zero-order valence-corrected chi connectivity index (χ0v) is 22.1. The minimum Gasteiger partial charge on any atom is -0.492 e. The Balaban J connectivity index is 1.29. The normalized spacial score (nSPS) is 18.6. The molecule has 0 unspecified atom stereocenters. The number of rotatable bonds is 8. The highest BCUT2D eigenvalue weighted by Crippen LogP contribution is 2.44. The van der Waals surface area contributed by atoms with Crippen LogP contribution in [-0.2, 0) is 4.74 Å². The molecule has 0 bridgehead atoms. The number of anilines is 2. The summed E-state index contributed by atoms with van der Waals surface area (Å²) < 4.78 is 29.7. The molecule has 0 saturated carbocycles. The molecule has 10 heteroatoms. The van der Waals surface area contributed by atoms with Crippen molar-refractivity contribution in [3.05, 3.63) is 36.2 Å². The molecule has 3 aliphatic rings. The third kappa shape index (κ3) is 5.43. The summed E-state index contributed by atoms with van der Waals surface area (Å²) in [6.45, 7) is 9.42. The van der Waals surface area contributed by atoms with Crippen LogP contribution in [0.3, 0.4) is 0 Å². The summed E-state index contributed by atoms with van der Waals surface area (Å²) in [5.74, 6) is 3.49. The largest absolute Gasteiger partial charge is 0.492 e. The smallest absolute Gasteiger partial charge is 0.231 e. The van der Waals surface area contributed by atoms with Crippen molar-refractivity contribution in [2.45, 2.75) is 25.9 Å². The summed E-state index contributed by atoms with van der Waals surface area (Å²) in [6.07, 6.45) is 3.29. The molecular formula is C28H35N5O5. The van der Waals surface area contributed by atoms with E-state index in [1.807, 2.05) is 31.2 Å². The highest BCUT2D eigenvalue weighted by molar-refractivity contribution is 5.97. The minimum atomic E-state index is 0.0556. The van der Waals surface area contributed by atoms with E-state index in [9.17, 15) is 0 Å². The number of nitrogens with zero attached hydrogens (tertiary/aromatic N) is 4. The van der Waals surface area contributed by atoms with Crippen LogP contribution in [0.4, 0.5) is 11.5 Å². The van der Waals surface area contributed by atoms with Gasteiger partial charge in [-0.25, -0.2) is 9.97 Å². The lowest BCUT2D eigenvalue weighted by atomic mass is 10.1. The number of aromatic nitrogens is 2. The Bertz CT molecular complexity index is 1270. The number of hydrogen-bond acceptors (Lipinski definition) is 10. The van der Waals surface area contributed by atoms with Crippen molar-refractivity contribution in [1.29, 1.82) is 0 Å². The number of piperazine rings is 1. The van der Waals surface area contributed by atoms with Crippen molar-refractivity contribution in [3.8, 4) is 23.0 Å². The second-order valence-corrected chi connectivity index (χ2v) is 10.1. The monoisotopic (exact) mass is 521 g/mol. The van der Waals surface area contributed by atoms with Gasteiger partial charge in [0, 0.05) is 57.7 Å². The molecule has 2 fully saturated rings. The lowest BCUT2D eigenvalue weighted by molar-refractivity contribution is 0.0261. The van der Waals surface area contributed by atoms with Gasteiger partial charge in [0.15, 0.2) is 11.5 Å². The van der Waals surface area contributed by atoms with E-state index < -0.39 is 0 Å². The van der Waals surface area contributed by atoms with Crippen molar-refractivity contribution in [1.82, 2.24) is 19.8 Å². The number of fused-ring (bicyclic) bond motifs is 2. The number of aryl methyl sites for hydroxylation is 1. The summed E-state index contributed by atoms with van der Waals surface area (Å²) in [5, 5.41) is 4.30. The molecule has 3 aliphatic heterocycles. The van der Waals surface area contributed by atoms with Gasteiger partial charge in [0.05, 0.1) is 29.8 Å². The lowest BCUT2D eigenvalue weighted by Gasteiger charge is -2.32. The van der Waals surface area contributed by atoms with E-state index in [1.165, 1.54) is 0 Å². The second-order valence-electron chi connectivity index (χ2n) is 10.1. The average Bonchev–Trinajstić information content (AvgIpc) is 3.41. The van der Waals surface area contributed by atoms with E-state index in [1.54, 1.807) is 6.33 Å². The Hall–Kier alpha value is -3.34. The fourth-order valence-electron chi connectivity index (χ4n) is 5.08. The first-order valence-electron chi connectivity index (χ1n) is 13.4. The highest BCUT2D eigenvalue weighted by atomic mass is 16.7. The quantitative estimate of drug-likeness (QED) is 0.474. The van der Waals surface area contributed by atoms with Crippen molar-refractivity contribution >= 4 is 22.4 Å². The van der Waals surface area contributed by atoms with Gasteiger partial charge in [0.2, 0.25) is 6.79 Å². The third-order valence-corrected chi connectivity index (χ3v) is 7.40. The first-order chi connectivity index (χ1) is 18.6. The van der Waals surface area contributed by atoms with Crippen molar-refractivity contribution in [2.75, 3.05) is 71.7 Å². The van der Waals surface area contributed by atoms with E-state index in [-0.39, 0.29) is 12.9 Å². The Morgan fingerprint density at radius 2 is 1.89 bits per heavy atom. The molecule has 10 nitrogen and oxygen atoms in total. The Morgan fingerprint density at radius 1 is 1.05 bits per heavy atom. The fourth-order valence-corrected chi connectivity index (χ4v) is 5.08. The number of benzene rings is 2. The second kappa shape index (κ2) is 11.2. The Kier molecular flexibility index (Phi) is 7.35. The van der Waals surface area contributed by atoms with Gasteiger partial charge in [-0.05, 0) is 25.6 Å². The molecule has 0 radical (unpaired) electrons. The van der Waals surface area contributed by atoms with Crippen LogP contribution < -0.4 is 24.3 Å². The molecule has 38 heavy (non-hydrogen) atoms. The molecule has 6 rings (SSSR count). The lowest BCUT2D eigenvalue weighted by Crippen LogP contribution is -2.45. The van der Waals surface area contributed by atoms with Crippen LogP contribution in [0.15, 0.2) is 30.6 Å². The molecule has 1 N–H and O–H groups in total. The molecule has 202 valence electrons. The predicted octanol–water partition coefficient (Wildman–Crippen LogP) is 3.59. The van der Waals surface area contributed by atoms with Crippen LogP contribution in [0.5, 0.6) is 23.0 Å². The maximum absolute atomic E-state index is 6.57. The Morgan fingerprint density at radius 3 is 2.74 bits per heavy atom. The first kappa shape index (κ1) is 25.0. The van der Waals surface area contributed by atoms with Gasteiger partial charge in [0.1, 0.15) is 36.4 Å². The van der Waals surface area contributed by atoms with E-state index in [2.05, 4.69) is 32.1 Å². The third-order valence-electron chi connectivity index (χ3n) is 7.40. The predicted molar refractivity (Wildman–Crippen MR) is 144 cm³/mol. The van der Waals surface area contributed by atoms with Crippen LogP contribution >= 0.6 is 0 Å². The van der Waals surface area contributed by atoms with Gasteiger partial charge < -0.3 is 33.9 Å². The molecule has 2 aromatic carbocycles. The van der Waals surface area contributed by atoms with Gasteiger partial charge in [-0.15, -0.1) is 0 Å². The van der Waals surface area contributed by atoms with Crippen molar-refractivity contribution in [3.63, 3.8) is 0 Å². The maximum atomic E-state index is 6.57. The molecule has 1 aromatic heterocycles. The van der Waals surface area contributed by atoms with E-state index in [4.69, 9.17) is 23.7 Å². The summed E-state index contributed by atoms with van der Waals surface area (Å²) in [6, 6.07) is 7.86. The minimum absolute atomic E-state index is 0.0556. The topological polar surface area (TPSA) is 90.4 Å². The summed E-state index contributed by atoms with van der Waals surface area (Å²) in [5.41, 5.74) is 2.60. The molecule has 4 heterocycles. The Labute approximate surface area is 222 Å². The standard InChI is InChI=1S/C28H35N5O5/c1-19-3-4-23-27(37-18-36-23)26(19)31-28-25-22(29-17-30-28)15-21(16-24(25)38-20-5-12-34-13-6-20)35-14-11-33-9-7-32(2)8-10-33/h3-4,15-17,20H,5-14,18H2,1-2H3,(H,29,30,31). The van der Waals surface area contributed by atoms with Crippen LogP contribution in [0.25, 0.3) is 10.9 Å². The first-order valence-corrected chi connectivity index (χ1v) is 13.4. The average molecular weight is 522 g/mol. The number of hydrogen-bond donors (Lipinski definition) is 1. The highest BCUT2D eigenvalue weighted by Gasteiger charge is 2.23. The van der Waals surface area contributed by atoms with Gasteiger partial charge >= 0.3 is 0 Å². The SMILES string of the molecule is Cc1ccc2c(c1Nc1ncnc3cc(OCCN4CCN(C)CC4)cc(OC4CCOCC4)c13)OCO2. The number of likely N-dealkylation sites (N-methyl/N-ethyl adjacent to an activating group) is 1. The van der Waals surface area contributed by atoms with Crippen LogP contribution in [-0.4, -0.2) is 92.3 Å². The zero-order chi connectivity index (χ0) is 25.9. The van der Waals surface area contributed by atoms with Gasteiger partial charge in [0.25, 0.3) is 0 Å². The fraction of sp³-hybridized carbons (Fsp3) is 0.500. The molecule has 0 atom stereocenters. The maximum Gasteiger partial charge on any atom is 0.231 e. The molecule has 3 aromatic rings. The van der Waals surface area contributed by atoms with E-state index in [0.29, 0.717) is 42.9 Å². The molecule has 0 aliphatic carbocycles. The van der Waals surface area contributed by atoms with E-state index in [0.717, 1.165) is 73.5 Å². The van der Waals surface area contributed by atoms with Crippen molar-refractivity contribution < 1.29 is 23.7 Å². The molecule has 0 amide bonds. The number of ether oxygens (including phenoxy) is 5. The van der Waals surface area contributed by atoms with Gasteiger partial charge in [-0.1, -0.05) is 6.07 Å². The van der Waals surface area contributed by atoms with Crippen LogP contribution in [0.2, 0.25) is 0 Å².